The molecule has 2 aliphatic rings. The van der Waals surface area contributed by atoms with Crippen molar-refractivity contribution in [2.24, 2.45) is 5.73 Å². The van der Waals surface area contributed by atoms with Gasteiger partial charge in [0.25, 0.3) is 0 Å². The smallest absolute Gasteiger partial charge is 0.341 e. The molecule has 1 atom stereocenters. The molecule has 7 nitrogen and oxygen atoms in total. The van der Waals surface area contributed by atoms with Gasteiger partial charge in [0, 0.05) is 31.4 Å². The highest BCUT2D eigenvalue weighted by Crippen LogP contribution is 2.41. The molecule has 9 heteroatoms. The first-order valence-corrected chi connectivity index (χ1v) is 8.29. The Bertz CT molecular complexity index is 957. The first kappa shape index (κ1) is 18.5. The maximum atomic E-state index is 14.8. The normalized spacial score (nSPS) is 19.6. The third-order valence-electron chi connectivity index (χ3n) is 4.99. The minimum Gasteiger partial charge on any atom is -0.477 e. The van der Waals surface area contributed by atoms with Gasteiger partial charge in [-0.05, 0) is 25.3 Å². The molecule has 4 rings (SSSR count). The highest BCUT2D eigenvalue weighted by atomic mass is 35.5. The van der Waals surface area contributed by atoms with Crippen molar-refractivity contribution in [3.05, 3.63) is 33.9 Å². The van der Waals surface area contributed by atoms with Crippen LogP contribution in [-0.4, -0.2) is 34.8 Å². The summed E-state index contributed by atoms with van der Waals surface area (Å²) in [6.45, 7) is 1.09. The zero-order chi connectivity index (χ0) is 17.9. The zero-order valence-corrected chi connectivity index (χ0v) is 14.8. The number of nitrogen functional groups attached to an aromatic ring is 1. The SMILES string of the molecule is Cl.Nc1c(N2CCC(N)C2)c(F)cc2c(=O)c(C(=O)O)cn(C3CC3)c12. The average molecular weight is 383 g/mol. The molecule has 140 valence electrons. The lowest BCUT2D eigenvalue weighted by molar-refractivity contribution is 0.0695. The van der Waals surface area contributed by atoms with Gasteiger partial charge in [0.05, 0.1) is 22.3 Å². The quantitative estimate of drug-likeness (QED) is 0.696. The summed E-state index contributed by atoms with van der Waals surface area (Å²) in [5.41, 5.74) is 11.9. The van der Waals surface area contributed by atoms with Gasteiger partial charge in [-0.1, -0.05) is 0 Å². The number of carbonyl (C=O) groups is 1. The van der Waals surface area contributed by atoms with Crippen LogP contribution < -0.4 is 21.8 Å². The van der Waals surface area contributed by atoms with Crippen molar-refractivity contribution in [1.82, 2.24) is 4.57 Å². The number of anilines is 2. The van der Waals surface area contributed by atoms with Crippen molar-refractivity contribution >= 4 is 40.7 Å². The number of pyridine rings is 1. The topological polar surface area (TPSA) is 115 Å². The molecule has 1 aliphatic carbocycles. The van der Waals surface area contributed by atoms with Crippen LogP contribution in [0.5, 0.6) is 0 Å². The standard InChI is InChI=1S/C17H19FN4O3.ClH/c18-12-5-10-14(13(20)15(12)21-4-3-8(19)6-21)22(9-1-2-9)7-11(16(10)23)17(24)25;/h5,7-9H,1-4,6,19-20H2,(H,24,25);1H. The van der Waals surface area contributed by atoms with E-state index in [1.54, 1.807) is 9.47 Å². The second-order valence-corrected chi connectivity index (χ2v) is 6.83. The molecule has 2 fully saturated rings. The number of benzene rings is 1. The number of fused-ring (bicyclic) bond motifs is 1. The van der Waals surface area contributed by atoms with Crippen molar-refractivity contribution in [3.8, 4) is 0 Å². The third kappa shape index (κ3) is 2.79. The summed E-state index contributed by atoms with van der Waals surface area (Å²) < 4.78 is 16.5. The highest BCUT2D eigenvalue weighted by molar-refractivity contribution is 6.00. The van der Waals surface area contributed by atoms with Crippen molar-refractivity contribution in [2.75, 3.05) is 23.7 Å². The minimum atomic E-state index is -1.32. The molecule has 1 aromatic carbocycles. The molecule has 0 spiro atoms. The minimum absolute atomic E-state index is 0. The van der Waals surface area contributed by atoms with Crippen LogP contribution in [0.4, 0.5) is 15.8 Å². The molecule has 1 aliphatic heterocycles. The Morgan fingerprint density at radius 1 is 1.31 bits per heavy atom. The largest absolute Gasteiger partial charge is 0.477 e. The molecule has 1 saturated heterocycles. The van der Waals surface area contributed by atoms with Gasteiger partial charge in [-0.15, -0.1) is 12.4 Å². The maximum absolute atomic E-state index is 14.8. The van der Waals surface area contributed by atoms with Gasteiger partial charge in [-0.3, -0.25) is 4.79 Å². The number of rotatable bonds is 3. The first-order valence-electron chi connectivity index (χ1n) is 8.29. The monoisotopic (exact) mass is 382 g/mol. The maximum Gasteiger partial charge on any atom is 0.341 e. The number of carboxylic acid groups (broad SMARTS) is 1. The Balaban J connectivity index is 0.00000196. The number of aromatic carboxylic acids is 1. The number of halogens is 2. The van der Waals surface area contributed by atoms with Crippen LogP contribution in [0.25, 0.3) is 10.9 Å². The van der Waals surface area contributed by atoms with E-state index >= 15 is 0 Å². The number of hydrogen-bond acceptors (Lipinski definition) is 5. The molecule has 2 heterocycles. The van der Waals surface area contributed by atoms with Crippen LogP contribution >= 0.6 is 12.4 Å². The molecule has 0 radical (unpaired) electrons. The summed E-state index contributed by atoms with van der Waals surface area (Å²) in [6, 6.07) is 1.15. The molecule has 5 N–H and O–H groups in total. The van der Waals surface area contributed by atoms with Crippen LogP contribution in [0.3, 0.4) is 0 Å². The number of nitrogens with zero attached hydrogens (tertiary/aromatic N) is 2. The van der Waals surface area contributed by atoms with E-state index in [-0.39, 0.29) is 46.8 Å². The predicted octanol–water partition coefficient (Wildman–Crippen LogP) is 1.72. The second-order valence-electron chi connectivity index (χ2n) is 6.83. The van der Waals surface area contributed by atoms with Gasteiger partial charge < -0.3 is 26.0 Å². The van der Waals surface area contributed by atoms with Gasteiger partial charge in [0.2, 0.25) is 5.43 Å². The number of hydrogen-bond donors (Lipinski definition) is 3. The van der Waals surface area contributed by atoms with E-state index in [2.05, 4.69) is 0 Å². The summed E-state index contributed by atoms with van der Waals surface area (Å²) in [5.74, 6) is -1.95. The third-order valence-corrected chi connectivity index (χ3v) is 4.99. The van der Waals surface area contributed by atoms with Crippen molar-refractivity contribution in [2.45, 2.75) is 31.3 Å². The fourth-order valence-electron chi connectivity index (χ4n) is 3.61. The zero-order valence-electron chi connectivity index (χ0n) is 13.9. The summed E-state index contributed by atoms with van der Waals surface area (Å²) in [7, 11) is 0. The van der Waals surface area contributed by atoms with Gasteiger partial charge in [-0.2, -0.15) is 0 Å². The lowest BCUT2D eigenvalue weighted by atomic mass is 10.1. The van der Waals surface area contributed by atoms with E-state index < -0.39 is 17.2 Å². The Morgan fingerprint density at radius 3 is 2.54 bits per heavy atom. The molecule has 1 unspecified atom stereocenters. The van der Waals surface area contributed by atoms with E-state index in [1.807, 2.05) is 0 Å². The predicted molar refractivity (Wildman–Crippen MR) is 99.9 cm³/mol. The van der Waals surface area contributed by atoms with Crippen LogP contribution in [0.15, 0.2) is 17.1 Å². The molecule has 2 aromatic rings. The summed E-state index contributed by atoms with van der Waals surface area (Å²) >= 11 is 0. The van der Waals surface area contributed by atoms with Crippen LogP contribution in [0.2, 0.25) is 0 Å². The van der Waals surface area contributed by atoms with Crippen molar-refractivity contribution < 1.29 is 14.3 Å². The lowest BCUT2D eigenvalue weighted by Gasteiger charge is -2.23. The summed E-state index contributed by atoms with van der Waals surface area (Å²) in [5, 5.41) is 9.29. The van der Waals surface area contributed by atoms with Crippen molar-refractivity contribution in [1.29, 1.82) is 0 Å². The lowest BCUT2D eigenvalue weighted by Crippen LogP contribution is -2.28. The summed E-state index contributed by atoms with van der Waals surface area (Å²) in [4.78, 5) is 25.7. The molecule has 0 bridgehead atoms. The number of carboxylic acids is 1. The van der Waals surface area contributed by atoms with Crippen molar-refractivity contribution in [3.63, 3.8) is 0 Å². The summed E-state index contributed by atoms with van der Waals surface area (Å²) in [6.07, 6.45) is 3.82. The van der Waals surface area contributed by atoms with Crippen LogP contribution in [0, 0.1) is 5.82 Å². The van der Waals surface area contributed by atoms with Gasteiger partial charge in [0.15, 0.2) is 0 Å². The molecule has 26 heavy (non-hydrogen) atoms. The Hall–Kier alpha value is -2.32. The number of nitrogens with two attached hydrogens (primary N) is 2. The highest BCUT2D eigenvalue weighted by Gasteiger charge is 2.31. The Morgan fingerprint density at radius 2 is 2.00 bits per heavy atom. The molecule has 0 amide bonds. The van der Waals surface area contributed by atoms with Gasteiger partial charge >= 0.3 is 5.97 Å². The fraction of sp³-hybridized carbons (Fsp3) is 0.412. The van der Waals surface area contributed by atoms with Crippen LogP contribution in [0.1, 0.15) is 35.7 Å². The van der Waals surface area contributed by atoms with Gasteiger partial charge in [-0.25, -0.2) is 9.18 Å². The second kappa shape index (κ2) is 6.44. The average Bonchev–Trinajstić information content (AvgIpc) is 3.30. The van der Waals surface area contributed by atoms with E-state index in [1.165, 1.54) is 6.20 Å². The Kier molecular flexibility index (Phi) is 4.58. The number of aromatic nitrogens is 1. The van der Waals surface area contributed by atoms with E-state index in [0.29, 0.717) is 18.6 Å². The first-order chi connectivity index (χ1) is 11.9. The molecular weight excluding hydrogens is 363 g/mol. The van der Waals surface area contributed by atoms with E-state index in [4.69, 9.17) is 11.5 Å². The van der Waals surface area contributed by atoms with E-state index in [0.717, 1.165) is 25.3 Å². The van der Waals surface area contributed by atoms with Crippen LogP contribution in [-0.2, 0) is 0 Å². The molecule has 1 saturated carbocycles. The van der Waals surface area contributed by atoms with E-state index in [9.17, 15) is 19.1 Å². The Labute approximate surface area is 154 Å². The van der Waals surface area contributed by atoms with Gasteiger partial charge in [0.1, 0.15) is 11.4 Å². The molecule has 1 aromatic heterocycles. The molecular formula is C17H20ClFN4O3. The fourth-order valence-corrected chi connectivity index (χ4v) is 3.61.